The normalized spacial score (nSPS) is 11.8. The van der Waals surface area contributed by atoms with E-state index in [2.05, 4.69) is 185 Å². The summed E-state index contributed by atoms with van der Waals surface area (Å²) in [5.74, 6) is 0. The van der Waals surface area contributed by atoms with Crippen LogP contribution in [0.1, 0.15) is 0 Å². The average Bonchev–Trinajstić information content (AvgIpc) is 3.88. The first-order valence-electron chi connectivity index (χ1n) is 17.6. The van der Waals surface area contributed by atoms with Gasteiger partial charge in [-0.2, -0.15) is 0 Å². The number of anilines is 3. The van der Waals surface area contributed by atoms with Gasteiger partial charge in [0.05, 0.1) is 16.7 Å². The summed E-state index contributed by atoms with van der Waals surface area (Å²) in [6.07, 6.45) is 0. The van der Waals surface area contributed by atoms with Crippen molar-refractivity contribution in [3.05, 3.63) is 182 Å². The summed E-state index contributed by atoms with van der Waals surface area (Å²) in [6.45, 7) is 0. The zero-order valence-electron chi connectivity index (χ0n) is 28.0. The number of nitrogens with zero attached hydrogens (tertiary/aromatic N) is 2. The van der Waals surface area contributed by atoms with Crippen LogP contribution >= 0.6 is 11.3 Å². The number of fused-ring (bicyclic) bond motifs is 9. The maximum absolute atomic E-state index is 6.65. The van der Waals surface area contributed by atoms with E-state index in [1.807, 2.05) is 17.4 Å². The highest BCUT2D eigenvalue weighted by molar-refractivity contribution is 7.25. The summed E-state index contributed by atoms with van der Waals surface area (Å²) in [5.41, 5.74) is 10.7. The van der Waals surface area contributed by atoms with Gasteiger partial charge in [-0.05, 0) is 77.9 Å². The summed E-state index contributed by atoms with van der Waals surface area (Å²) in [7, 11) is 0. The third kappa shape index (κ3) is 4.45. The maximum atomic E-state index is 6.65. The van der Waals surface area contributed by atoms with Crippen LogP contribution in [0.15, 0.2) is 186 Å². The van der Waals surface area contributed by atoms with Gasteiger partial charge >= 0.3 is 0 Å². The molecule has 52 heavy (non-hydrogen) atoms. The predicted octanol–water partition coefficient (Wildman–Crippen LogP) is 14.2. The standard InChI is InChI=1S/C48H30N2OS/c1-2-11-33(12-3-1)50-42-17-7-4-13-36(42)37-28-26-35(30-44(37)50)49(43-18-10-16-41-38-14-5-8-19-45(38)51-48(41)43)34-24-21-31(22-25-34)32-23-27-40-39-15-6-9-20-46(39)52-47(40)29-32/h1-30H. The van der Waals surface area contributed by atoms with Gasteiger partial charge in [-0.1, -0.05) is 115 Å². The van der Waals surface area contributed by atoms with Crippen molar-refractivity contribution >= 4 is 92.3 Å². The second-order valence-electron chi connectivity index (χ2n) is 13.3. The van der Waals surface area contributed by atoms with Gasteiger partial charge in [0.1, 0.15) is 5.58 Å². The minimum Gasteiger partial charge on any atom is -0.454 e. The molecule has 0 amide bonds. The number of thiophene rings is 1. The van der Waals surface area contributed by atoms with Crippen LogP contribution in [0.2, 0.25) is 0 Å². The first-order chi connectivity index (χ1) is 25.8. The molecule has 0 aliphatic rings. The fraction of sp³-hybridized carbons (Fsp3) is 0. The number of rotatable bonds is 5. The Morgan fingerprint density at radius 1 is 0.423 bits per heavy atom. The van der Waals surface area contributed by atoms with Crippen LogP contribution in [0, 0.1) is 0 Å². The summed E-state index contributed by atoms with van der Waals surface area (Å²) in [6, 6.07) is 65.4. The van der Waals surface area contributed by atoms with Gasteiger partial charge in [-0.25, -0.2) is 0 Å². The SMILES string of the molecule is c1ccc(-n2c3ccccc3c3ccc(N(c4ccc(-c5ccc6c(c5)sc5ccccc56)cc4)c4cccc5c4oc4ccccc45)cc32)cc1. The molecule has 4 heteroatoms. The second kappa shape index (κ2) is 11.5. The van der Waals surface area contributed by atoms with E-state index in [1.165, 1.54) is 47.6 Å². The number of aromatic nitrogens is 1. The quantitative estimate of drug-likeness (QED) is 0.180. The van der Waals surface area contributed by atoms with E-state index in [9.17, 15) is 0 Å². The molecule has 0 radical (unpaired) electrons. The Morgan fingerprint density at radius 2 is 1.08 bits per heavy atom. The van der Waals surface area contributed by atoms with Crippen LogP contribution in [0.4, 0.5) is 17.1 Å². The largest absolute Gasteiger partial charge is 0.454 e. The van der Waals surface area contributed by atoms with Gasteiger partial charge < -0.3 is 13.9 Å². The van der Waals surface area contributed by atoms with Crippen molar-refractivity contribution in [3.8, 4) is 16.8 Å². The topological polar surface area (TPSA) is 21.3 Å². The van der Waals surface area contributed by atoms with Crippen LogP contribution in [0.3, 0.4) is 0 Å². The minimum atomic E-state index is 0.867. The lowest BCUT2D eigenvalue weighted by molar-refractivity contribution is 0.669. The Labute approximate surface area is 303 Å². The number of furan rings is 1. The van der Waals surface area contributed by atoms with Crippen LogP contribution in [-0.4, -0.2) is 4.57 Å². The molecule has 8 aromatic carbocycles. The third-order valence-electron chi connectivity index (χ3n) is 10.4. The van der Waals surface area contributed by atoms with E-state index < -0.39 is 0 Å². The molecule has 0 atom stereocenters. The van der Waals surface area contributed by atoms with Crippen molar-refractivity contribution in [3.63, 3.8) is 0 Å². The molecule has 11 rings (SSSR count). The zero-order valence-corrected chi connectivity index (χ0v) is 28.8. The average molecular weight is 683 g/mol. The molecule has 3 nitrogen and oxygen atoms in total. The first kappa shape index (κ1) is 29.1. The van der Waals surface area contributed by atoms with Gasteiger partial charge in [0, 0.05) is 58.8 Å². The third-order valence-corrected chi connectivity index (χ3v) is 11.5. The number of hydrogen-bond donors (Lipinski definition) is 0. The van der Waals surface area contributed by atoms with Crippen molar-refractivity contribution in [2.24, 2.45) is 0 Å². The summed E-state index contributed by atoms with van der Waals surface area (Å²) >= 11 is 1.86. The summed E-state index contributed by atoms with van der Waals surface area (Å²) in [4.78, 5) is 2.34. The van der Waals surface area contributed by atoms with Gasteiger partial charge in [0.15, 0.2) is 5.58 Å². The van der Waals surface area contributed by atoms with Crippen LogP contribution in [-0.2, 0) is 0 Å². The zero-order chi connectivity index (χ0) is 34.2. The van der Waals surface area contributed by atoms with Crippen molar-refractivity contribution in [2.75, 3.05) is 4.90 Å². The summed E-state index contributed by atoms with van der Waals surface area (Å²) < 4.78 is 11.7. The minimum absolute atomic E-state index is 0.867. The van der Waals surface area contributed by atoms with Gasteiger partial charge in [-0.3, -0.25) is 0 Å². The molecule has 0 spiro atoms. The molecule has 3 heterocycles. The fourth-order valence-corrected chi connectivity index (χ4v) is 9.14. The van der Waals surface area contributed by atoms with Crippen molar-refractivity contribution < 1.29 is 4.42 Å². The van der Waals surface area contributed by atoms with E-state index in [0.717, 1.165) is 50.2 Å². The van der Waals surface area contributed by atoms with Gasteiger partial charge in [-0.15, -0.1) is 11.3 Å². The van der Waals surface area contributed by atoms with E-state index in [1.54, 1.807) is 0 Å². The molecule has 0 aliphatic heterocycles. The molecule has 244 valence electrons. The highest BCUT2D eigenvalue weighted by Gasteiger charge is 2.21. The van der Waals surface area contributed by atoms with E-state index in [0.29, 0.717) is 0 Å². The van der Waals surface area contributed by atoms with Gasteiger partial charge in [0.25, 0.3) is 0 Å². The Balaban J connectivity index is 1.11. The lowest BCUT2D eigenvalue weighted by atomic mass is 10.0. The number of para-hydroxylation sites is 4. The monoisotopic (exact) mass is 682 g/mol. The summed E-state index contributed by atoms with van der Waals surface area (Å²) in [5, 5.41) is 7.31. The second-order valence-corrected chi connectivity index (χ2v) is 14.4. The predicted molar refractivity (Wildman–Crippen MR) is 221 cm³/mol. The fourth-order valence-electron chi connectivity index (χ4n) is 8.00. The molecule has 0 saturated carbocycles. The Kier molecular flexibility index (Phi) is 6.42. The molecule has 0 unspecified atom stereocenters. The molecule has 11 aromatic rings. The molecule has 0 N–H and O–H groups in total. The molecule has 0 aliphatic carbocycles. The molecular formula is C48H30N2OS. The lowest BCUT2D eigenvalue weighted by Crippen LogP contribution is -2.10. The molecular weight excluding hydrogens is 653 g/mol. The lowest BCUT2D eigenvalue weighted by Gasteiger charge is -2.26. The smallest absolute Gasteiger partial charge is 0.159 e. The van der Waals surface area contributed by atoms with Crippen molar-refractivity contribution in [1.82, 2.24) is 4.57 Å². The highest BCUT2D eigenvalue weighted by atomic mass is 32.1. The van der Waals surface area contributed by atoms with Crippen LogP contribution in [0.25, 0.3) is 80.7 Å². The van der Waals surface area contributed by atoms with E-state index in [4.69, 9.17) is 4.42 Å². The van der Waals surface area contributed by atoms with Crippen molar-refractivity contribution in [2.45, 2.75) is 0 Å². The Hall–Kier alpha value is -6.62. The Bertz CT molecular complexity index is 3130. The molecule has 0 saturated heterocycles. The van der Waals surface area contributed by atoms with Crippen molar-refractivity contribution in [1.29, 1.82) is 0 Å². The highest BCUT2D eigenvalue weighted by Crippen LogP contribution is 2.44. The van der Waals surface area contributed by atoms with E-state index >= 15 is 0 Å². The first-order valence-corrected chi connectivity index (χ1v) is 18.4. The molecule has 0 bridgehead atoms. The van der Waals surface area contributed by atoms with Gasteiger partial charge in [0.2, 0.25) is 0 Å². The number of benzene rings is 8. The van der Waals surface area contributed by atoms with Crippen LogP contribution in [0.5, 0.6) is 0 Å². The molecule has 3 aromatic heterocycles. The van der Waals surface area contributed by atoms with Crippen LogP contribution < -0.4 is 4.90 Å². The number of hydrogen-bond acceptors (Lipinski definition) is 3. The molecule has 0 fully saturated rings. The maximum Gasteiger partial charge on any atom is 0.159 e. The van der Waals surface area contributed by atoms with E-state index in [-0.39, 0.29) is 0 Å². The Morgan fingerprint density at radius 3 is 1.96 bits per heavy atom.